The fraction of sp³-hybridized carbons (Fsp3) is 0.714. The molecule has 0 aromatic heterocycles. The molecule has 0 amide bonds. The molecule has 126 valence electrons. The lowest BCUT2D eigenvalue weighted by Crippen LogP contribution is -2.61. The first-order valence-electron chi connectivity index (χ1n) is 9.66. The predicted molar refractivity (Wildman–Crippen MR) is 94.9 cm³/mol. The normalized spacial score (nSPS) is 33.3. The van der Waals surface area contributed by atoms with Gasteiger partial charge in [-0.1, -0.05) is 32.8 Å². The van der Waals surface area contributed by atoms with Crippen molar-refractivity contribution in [3.05, 3.63) is 29.3 Å². The van der Waals surface area contributed by atoms with Gasteiger partial charge in [-0.3, -0.25) is 4.90 Å². The first-order valence-corrected chi connectivity index (χ1v) is 9.66. The van der Waals surface area contributed by atoms with E-state index in [2.05, 4.69) is 30.9 Å². The molecule has 2 nitrogen and oxygen atoms in total. The van der Waals surface area contributed by atoms with Crippen LogP contribution in [0, 0.1) is 11.8 Å². The maximum absolute atomic E-state index is 10.1. The molecule has 1 heterocycles. The summed E-state index contributed by atoms with van der Waals surface area (Å²) in [6.45, 7) is 7.20. The van der Waals surface area contributed by atoms with Crippen molar-refractivity contribution in [3.8, 4) is 5.75 Å². The van der Waals surface area contributed by atoms with Gasteiger partial charge in [-0.25, -0.2) is 0 Å². The number of fused-ring (bicyclic) bond motifs is 1. The number of hydrogen-bond donors (Lipinski definition) is 1. The van der Waals surface area contributed by atoms with Crippen LogP contribution >= 0.6 is 0 Å². The van der Waals surface area contributed by atoms with Crippen molar-refractivity contribution in [1.29, 1.82) is 0 Å². The number of hydrogen-bond acceptors (Lipinski definition) is 2. The lowest BCUT2D eigenvalue weighted by Gasteiger charge is -2.59. The van der Waals surface area contributed by atoms with E-state index in [0.717, 1.165) is 17.9 Å². The van der Waals surface area contributed by atoms with Crippen LogP contribution in [-0.2, 0) is 11.8 Å². The Morgan fingerprint density at radius 2 is 2.13 bits per heavy atom. The summed E-state index contributed by atoms with van der Waals surface area (Å²) in [5, 5.41) is 10.1. The summed E-state index contributed by atoms with van der Waals surface area (Å²) >= 11 is 0. The minimum absolute atomic E-state index is 0.365. The Hall–Kier alpha value is -1.02. The monoisotopic (exact) mass is 313 g/mol. The van der Waals surface area contributed by atoms with Gasteiger partial charge in [0.25, 0.3) is 0 Å². The molecule has 0 unspecified atom stereocenters. The van der Waals surface area contributed by atoms with Crippen molar-refractivity contribution in [2.45, 2.75) is 70.3 Å². The van der Waals surface area contributed by atoms with Gasteiger partial charge in [0.05, 0.1) is 0 Å². The summed E-state index contributed by atoms with van der Waals surface area (Å²) in [6.07, 6.45) is 9.29. The zero-order valence-electron chi connectivity index (χ0n) is 14.7. The maximum Gasteiger partial charge on any atom is 0.115 e. The highest BCUT2D eigenvalue weighted by molar-refractivity contribution is 5.45. The van der Waals surface area contributed by atoms with Crippen LogP contribution in [0.5, 0.6) is 5.75 Å². The summed E-state index contributed by atoms with van der Waals surface area (Å²) in [7, 11) is 0. The number of phenolic OH excluding ortho intramolecular Hbond substituents is 1. The third kappa shape index (κ3) is 2.50. The van der Waals surface area contributed by atoms with Crippen molar-refractivity contribution in [1.82, 2.24) is 4.90 Å². The molecule has 1 aliphatic heterocycles. The molecule has 1 saturated heterocycles. The smallest absolute Gasteiger partial charge is 0.115 e. The number of aromatic hydroxyl groups is 1. The summed E-state index contributed by atoms with van der Waals surface area (Å²) < 4.78 is 0. The molecule has 1 saturated carbocycles. The summed E-state index contributed by atoms with van der Waals surface area (Å²) in [6, 6.07) is 6.94. The molecule has 0 radical (unpaired) electrons. The van der Waals surface area contributed by atoms with E-state index in [9.17, 15) is 5.11 Å². The van der Waals surface area contributed by atoms with Crippen LogP contribution in [0.2, 0.25) is 0 Å². The van der Waals surface area contributed by atoms with Gasteiger partial charge in [-0.15, -0.1) is 0 Å². The molecule has 23 heavy (non-hydrogen) atoms. The quantitative estimate of drug-likeness (QED) is 0.888. The van der Waals surface area contributed by atoms with Crippen LogP contribution in [0.3, 0.4) is 0 Å². The Balaban J connectivity index is 1.71. The minimum Gasteiger partial charge on any atom is -0.508 e. The molecule has 2 aliphatic carbocycles. The molecule has 1 N–H and O–H groups in total. The van der Waals surface area contributed by atoms with Gasteiger partial charge in [0, 0.05) is 11.5 Å². The van der Waals surface area contributed by atoms with Crippen LogP contribution in [0.4, 0.5) is 0 Å². The van der Waals surface area contributed by atoms with Crippen LogP contribution in [-0.4, -0.2) is 29.1 Å². The molecule has 2 bridgehead atoms. The molecule has 1 aromatic carbocycles. The Morgan fingerprint density at radius 3 is 2.96 bits per heavy atom. The highest BCUT2D eigenvalue weighted by atomic mass is 16.3. The number of nitrogens with zero attached hydrogens (tertiary/aromatic N) is 1. The van der Waals surface area contributed by atoms with E-state index in [0.29, 0.717) is 11.2 Å². The fourth-order valence-corrected chi connectivity index (χ4v) is 5.77. The van der Waals surface area contributed by atoms with Crippen molar-refractivity contribution < 1.29 is 5.11 Å². The van der Waals surface area contributed by atoms with Gasteiger partial charge >= 0.3 is 0 Å². The minimum atomic E-state index is 0.365. The second-order valence-electron chi connectivity index (χ2n) is 8.59. The average molecular weight is 313 g/mol. The van der Waals surface area contributed by atoms with Crippen LogP contribution in [0.25, 0.3) is 0 Å². The van der Waals surface area contributed by atoms with Gasteiger partial charge in [0.1, 0.15) is 5.75 Å². The average Bonchev–Trinajstić information content (AvgIpc) is 2.54. The largest absolute Gasteiger partial charge is 0.508 e. The van der Waals surface area contributed by atoms with Crippen molar-refractivity contribution in [2.24, 2.45) is 11.8 Å². The maximum atomic E-state index is 10.1. The molecular weight excluding hydrogens is 282 g/mol. The molecule has 4 rings (SSSR count). The highest BCUT2D eigenvalue weighted by Gasteiger charge is 2.53. The van der Waals surface area contributed by atoms with E-state index < -0.39 is 0 Å². The molecule has 3 aliphatic rings. The van der Waals surface area contributed by atoms with E-state index >= 15 is 0 Å². The standard InChI is InChI=1S/C21H31NO/c1-15(2)8-11-22-12-10-21-9-4-3-5-18(21)20(22)13-16-6-7-17(23)14-19(16)21/h6-7,14-15,18,20,23H,3-5,8-13H2,1-2H3/t18-,20-,21-/m0/s1. The van der Waals surface area contributed by atoms with Crippen molar-refractivity contribution in [3.63, 3.8) is 0 Å². The van der Waals surface area contributed by atoms with Gasteiger partial charge in [-0.2, -0.15) is 0 Å². The number of benzene rings is 1. The molecule has 2 fully saturated rings. The second kappa shape index (κ2) is 5.81. The van der Waals surface area contributed by atoms with Crippen LogP contribution < -0.4 is 0 Å². The predicted octanol–water partition coefficient (Wildman–Crippen LogP) is 4.50. The second-order valence-corrected chi connectivity index (χ2v) is 8.59. The molecule has 3 atom stereocenters. The van der Waals surface area contributed by atoms with Crippen LogP contribution in [0.15, 0.2) is 18.2 Å². The first kappa shape index (κ1) is 15.5. The number of piperidine rings is 1. The van der Waals surface area contributed by atoms with E-state index in [4.69, 9.17) is 0 Å². The summed E-state index contributed by atoms with van der Waals surface area (Å²) in [4.78, 5) is 2.81. The number of rotatable bonds is 3. The van der Waals surface area contributed by atoms with Crippen LogP contribution in [0.1, 0.15) is 63.5 Å². The Kier molecular flexibility index (Phi) is 3.91. The third-order valence-corrected chi connectivity index (χ3v) is 6.93. The molecule has 1 aromatic rings. The first-order chi connectivity index (χ1) is 11.1. The van der Waals surface area contributed by atoms with E-state index in [1.165, 1.54) is 69.2 Å². The lowest BCUT2D eigenvalue weighted by atomic mass is 9.52. The van der Waals surface area contributed by atoms with Crippen molar-refractivity contribution >= 4 is 0 Å². The molecular formula is C21H31NO. The van der Waals surface area contributed by atoms with E-state index in [-0.39, 0.29) is 0 Å². The Bertz CT molecular complexity index is 581. The van der Waals surface area contributed by atoms with E-state index in [1.54, 1.807) is 0 Å². The third-order valence-electron chi connectivity index (χ3n) is 6.93. The van der Waals surface area contributed by atoms with E-state index in [1.807, 2.05) is 6.07 Å². The zero-order valence-corrected chi connectivity index (χ0v) is 14.7. The van der Waals surface area contributed by atoms with Gasteiger partial charge in [-0.05, 0) is 80.3 Å². The summed E-state index contributed by atoms with van der Waals surface area (Å²) in [5.41, 5.74) is 3.38. The SMILES string of the molecule is CC(C)CCN1CC[C@@]23CCCC[C@H]2[C@@H]1Cc1ccc(O)cc13. The van der Waals surface area contributed by atoms with Gasteiger partial charge < -0.3 is 5.11 Å². The van der Waals surface area contributed by atoms with Gasteiger partial charge in [0.2, 0.25) is 0 Å². The topological polar surface area (TPSA) is 23.5 Å². The van der Waals surface area contributed by atoms with Crippen molar-refractivity contribution in [2.75, 3.05) is 13.1 Å². The highest BCUT2D eigenvalue weighted by Crippen LogP contribution is 2.56. The summed E-state index contributed by atoms with van der Waals surface area (Å²) in [5.74, 6) is 2.07. The number of likely N-dealkylation sites (tertiary alicyclic amines) is 1. The lowest BCUT2D eigenvalue weighted by molar-refractivity contribution is -0.0130. The van der Waals surface area contributed by atoms with Gasteiger partial charge in [0.15, 0.2) is 0 Å². The number of phenols is 1. The Morgan fingerprint density at radius 1 is 1.26 bits per heavy atom. The zero-order chi connectivity index (χ0) is 16.0. The molecule has 2 heteroatoms. The molecule has 0 spiro atoms. The Labute approximate surface area is 140 Å². The fourth-order valence-electron chi connectivity index (χ4n) is 5.77.